The zero-order valence-electron chi connectivity index (χ0n) is 6.09. The molecule has 0 spiro atoms. The van der Waals surface area contributed by atoms with Crippen molar-refractivity contribution >= 4 is 18.2 Å². The largest absolute Gasteiger partial charge is 0.424 e. The Hall–Kier alpha value is -1.25. The van der Waals surface area contributed by atoms with Crippen LogP contribution in [0.5, 0.6) is 0 Å². The first-order valence-corrected chi connectivity index (χ1v) is 3.13. The van der Waals surface area contributed by atoms with E-state index in [-0.39, 0.29) is 6.01 Å². The van der Waals surface area contributed by atoms with Gasteiger partial charge in [-0.1, -0.05) is 6.08 Å². The number of rotatable bonds is 0. The first-order valence-electron chi connectivity index (χ1n) is 3.13. The summed E-state index contributed by atoms with van der Waals surface area (Å²) in [4.78, 5) is 3.92. The van der Waals surface area contributed by atoms with Crippen LogP contribution in [0.1, 0.15) is 13.8 Å². The van der Waals surface area contributed by atoms with E-state index >= 15 is 0 Å². The van der Waals surface area contributed by atoms with Gasteiger partial charge in [-0.3, -0.25) is 0 Å². The van der Waals surface area contributed by atoms with Crippen molar-refractivity contribution in [2.45, 2.75) is 13.8 Å². The van der Waals surface area contributed by atoms with Crippen LogP contribution in [-0.4, -0.2) is 4.98 Å². The van der Waals surface area contributed by atoms with Crippen molar-refractivity contribution in [1.82, 2.24) is 4.98 Å². The standard InChI is InChI=1S/C7H10N2O/c1-3-5-6(4-2)10-7(8)9-5/h3-4H,1-2H3,(H2,8,9). The lowest BCUT2D eigenvalue weighted by Gasteiger charge is -1.71. The number of nitrogen functional groups attached to an aromatic ring is 1. The lowest BCUT2D eigenvalue weighted by atomic mass is 10.5. The molecule has 0 aliphatic heterocycles. The second kappa shape index (κ2) is 2.56. The van der Waals surface area contributed by atoms with Gasteiger partial charge in [-0.2, -0.15) is 4.98 Å². The summed E-state index contributed by atoms with van der Waals surface area (Å²) in [5.41, 5.74) is 6.05. The monoisotopic (exact) mass is 138 g/mol. The molecule has 0 atom stereocenters. The highest BCUT2D eigenvalue weighted by molar-refractivity contribution is 5.24. The Morgan fingerprint density at radius 3 is 2.50 bits per heavy atom. The minimum Gasteiger partial charge on any atom is -0.424 e. The maximum atomic E-state index is 5.31. The van der Waals surface area contributed by atoms with Crippen LogP contribution in [0.25, 0.3) is 12.2 Å². The molecule has 0 aliphatic rings. The van der Waals surface area contributed by atoms with Crippen LogP contribution in [0.3, 0.4) is 0 Å². The molecular formula is C7H10N2O. The molecular weight excluding hydrogens is 128 g/mol. The lowest BCUT2D eigenvalue weighted by Crippen LogP contribution is -2.20. The van der Waals surface area contributed by atoms with Crippen molar-refractivity contribution < 1.29 is 4.42 Å². The Morgan fingerprint density at radius 2 is 2.10 bits per heavy atom. The molecule has 1 aromatic heterocycles. The molecule has 54 valence electrons. The van der Waals surface area contributed by atoms with E-state index < -0.39 is 0 Å². The molecule has 1 aromatic rings. The normalized spacial score (nSPS) is 14.6. The van der Waals surface area contributed by atoms with Crippen molar-refractivity contribution in [1.29, 1.82) is 0 Å². The van der Waals surface area contributed by atoms with Gasteiger partial charge < -0.3 is 10.2 Å². The van der Waals surface area contributed by atoms with Gasteiger partial charge in [0.2, 0.25) is 0 Å². The van der Waals surface area contributed by atoms with E-state index in [1.165, 1.54) is 0 Å². The molecule has 1 heterocycles. The molecule has 1 rings (SSSR count). The Balaban J connectivity index is 3.53. The topological polar surface area (TPSA) is 52.0 Å². The number of hydrogen-bond acceptors (Lipinski definition) is 3. The van der Waals surface area contributed by atoms with Gasteiger partial charge >= 0.3 is 0 Å². The quantitative estimate of drug-likeness (QED) is 0.542. The molecule has 0 radical (unpaired) electrons. The number of oxazole rings is 1. The van der Waals surface area contributed by atoms with Crippen LogP contribution >= 0.6 is 0 Å². The highest BCUT2D eigenvalue weighted by Crippen LogP contribution is 1.81. The van der Waals surface area contributed by atoms with E-state index in [1.807, 2.05) is 26.0 Å². The number of hydrogen-bond donors (Lipinski definition) is 1. The molecule has 0 unspecified atom stereocenters. The highest BCUT2D eigenvalue weighted by atomic mass is 16.4. The fraction of sp³-hybridized carbons (Fsp3) is 0.286. The molecule has 2 N–H and O–H groups in total. The minimum atomic E-state index is 0.223. The molecule has 0 fully saturated rings. The molecule has 3 nitrogen and oxygen atoms in total. The first kappa shape index (κ1) is 6.86. The average Bonchev–Trinajstić information content (AvgIpc) is 2.30. The molecule has 0 aromatic carbocycles. The zero-order valence-corrected chi connectivity index (χ0v) is 6.09. The summed E-state index contributed by atoms with van der Waals surface area (Å²) in [6.45, 7) is 3.78. The minimum absolute atomic E-state index is 0.223. The molecule has 0 saturated heterocycles. The first-order chi connectivity index (χ1) is 4.77. The maximum absolute atomic E-state index is 5.31. The van der Waals surface area contributed by atoms with Crippen LogP contribution in [-0.2, 0) is 0 Å². The Labute approximate surface area is 58.9 Å². The van der Waals surface area contributed by atoms with Crippen molar-refractivity contribution in [3.63, 3.8) is 0 Å². The molecule has 0 saturated carbocycles. The van der Waals surface area contributed by atoms with Gasteiger partial charge in [0.25, 0.3) is 6.01 Å². The summed E-state index contributed by atoms with van der Waals surface area (Å²) in [5.74, 6) is 0. The fourth-order valence-corrected chi connectivity index (χ4v) is 0.775. The molecule has 10 heavy (non-hydrogen) atoms. The summed E-state index contributed by atoms with van der Waals surface area (Å²) >= 11 is 0. The summed E-state index contributed by atoms with van der Waals surface area (Å²) in [6.07, 6.45) is 3.69. The lowest BCUT2D eigenvalue weighted by molar-refractivity contribution is 0.545. The van der Waals surface area contributed by atoms with Crippen LogP contribution in [0.4, 0.5) is 6.01 Å². The Morgan fingerprint density at radius 1 is 1.40 bits per heavy atom. The molecule has 0 amide bonds. The van der Waals surface area contributed by atoms with Gasteiger partial charge in [0.05, 0.1) is 0 Å². The van der Waals surface area contributed by atoms with Crippen molar-refractivity contribution in [3.05, 3.63) is 10.8 Å². The van der Waals surface area contributed by atoms with Gasteiger partial charge in [-0.25, -0.2) is 0 Å². The average molecular weight is 138 g/mol. The molecule has 0 bridgehead atoms. The maximum Gasteiger partial charge on any atom is 0.292 e. The predicted molar refractivity (Wildman–Crippen MR) is 40.4 cm³/mol. The highest BCUT2D eigenvalue weighted by Gasteiger charge is 1.91. The molecule has 3 heteroatoms. The number of nitrogens with zero attached hydrogens (tertiary/aromatic N) is 1. The number of anilines is 1. The fourth-order valence-electron chi connectivity index (χ4n) is 0.775. The van der Waals surface area contributed by atoms with E-state index in [2.05, 4.69) is 4.98 Å². The third-order valence-electron chi connectivity index (χ3n) is 1.23. The predicted octanol–water partition coefficient (Wildman–Crippen LogP) is -0.142. The molecule has 0 aliphatic carbocycles. The van der Waals surface area contributed by atoms with E-state index in [0.29, 0.717) is 0 Å². The summed E-state index contributed by atoms with van der Waals surface area (Å²) in [5, 5.41) is 0.806. The SMILES string of the molecule is CC=c1nc(N)oc1=CC. The van der Waals surface area contributed by atoms with Gasteiger partial charge in [-0.15, -0.1) is 0 Å². The summed E-state index contributed by atoms with van der Waals surface area (Å²) in [7, 11) is 0. The van der Waals surface area contributed by atoms with Crippen LogP contribution in [0, 0.1) is 0 Å². The Bertz CT molecular complexity index is 292. The van der Waals surface area contributed by atoms with E-state index in [4.69, 9.17) is 10.2 Å². The van der Waals surface area contributed by atoms with Gasteiger partial charge in [0.15, 0.2) is 5.42 Å². The second-order valence-electron chi connectivity index (χ2n) is 1.88. The Kier molecular flexibility index (Phi) is 1.76. The van der Waals surface area contributed by atoms with Crippen LogP contribution < -0.4 is 16.5 Å². The summed E-state index contributed by atoms with van der Waals surface area (Å²) < 4.78 is 5.03. The summed E-state index contributed by atoms with van der Waals surface area (Å²) in [6, 6.07) is 0.223. The van der Waals surface area contributed by atoms with Gasteiger partial charge in [0.1, 0.15) is 5.35 Å². The smallest absolute Gasteiger partial charge is 0.292 e. The van der Waals surface area contributed by atoms with Crippen molar-refractivity contribution in [2.75, 3.05) is 5.73 Å². The second-order valence-corrected chi connectivity index (χ2v) is 1.88. The third-order valence-corrected chi connectivity index (χ3v) is 1.23. The van der Waals surface area contributed by atoms with Crippen molar-refractivity contribution in [2.24, 2.45) is 0 Å². The van der Waals surface area contributed by atoms with Crippen LogP contribution in [0.15, 0.2) is 4.42 Å². The number of aromatic nitrogens is 1. The van der Waals surface area contributed by atoms with E-state index in [9.17, 15) is 0 Å². The van der Waals surface area contributed by atoms with Crippen LogP contribution in [0.2, 0.25) is 0 Å². The van der Waals surface area contributed by atoms with Gasteiger partial charge in [0, 0.05) is 0 Å². The third kappa shape index (κ3) is 1.03. The van der Waals surface area contributed by atoms with Crippen molar-refractivity contribution in [3.8, 4) is 0 Å². The van der Waals surface area contributed by atoms with Gasteiger partial charge in [-0.05, 0) is 19.9 Å². The van der Waals surface area contributed by atoms with E-state index in [0.717, 1.165) is 10.8 Å². The zero-order chi connectivity index (χ0) is 7.56. The van der Waals surface area contributed by atoms with E-state index in [1.54, 1.807) is 0 Å². The number of nitrogens with two attached hydrogens (primary N) is 1.